The normalized spacial score (nSPS) is 12.1. The molecule has 0 bridgehead atoms. The van der Waals surface area contributed by atoms with Crippen molar-refractivity contribution in [1.29, 1.82) is 0 Å². The van der Waals surface area contributed by atoms with Crippen LogP contribution in [0.2, 0.25) is 0 Å². The average Bonchev–Trinajstić information content (AvgIpc) is 2.98. The van der Waals surface area contributed by atoms with Crippen molar-refractivity contribution in [2.45, 2.75) is 194 Å². The van der Waals surface area contributed by atoms with Crippen molar-refractivity contribution >= 4 is 0 Å². The van der Waals surface area contributed by atoms with Crippen LogP contribution in [-0.2, 0) is 4.74 Å². The molecule has 0 spiro atoms. The van der Waals surface area contributed by atoms with E-state index < -0.39 is 0 Å². The Labute approximate surface area is 279 Å². The van der Waals surface area contributed by atoms with E-state index in [2.05, 4.69) is 52.2 Å². The molecule has 0 amide bonds. The Morgan fingerprint density at radius 2 is 0.698 bits per heavy atom. The van der Waals surface area contributed by atoms with E-state index in [9.17, 15) is 0 Å². The minimum Gasteiger partial charge on any atom is -1.00 e. The molecule has 0 aliphatic heterocycles. The van der Waals surface area contributed by atoms with Gasteiger partial charge in [-0.05, 0) is 70.6 Å². The van der Waals surface area contributed by atoms with E-state index in [4.69, 9.17) is 4.74 Å². The maximum Gasteiger partial charge on any atom is 0.102 e. The van der Waals surface area contributed by atoms with Crippen LogP contribution < -0.4 is 12.4 Å². The Morgan fingerprint density at radius 3 is 1.09 bits per heavy atom. The molecule has 0 fully saturated rings. The molecular weight excluding hydrogens is 546 g/mol. The van der Waals surface area contributed by atoms with Crippen LogP contribution in [-0.4, -0.2) is 44.9 Å². The van der Waals surface area contributed by atoms with Crippen molar-refractivity contribution in [3.8, 4) is 0 Å². The van der Waals surface area contributed by atoms with Gasteiger partial charge in [-0.1, -0.05) is 147 Å². The van der Waals surface area contributed by atoms with E-state index in [1.54, 1.807) is 0 Å². The number of hydrogen-bond donors (Lipinski definition) is 0. The van der Waals surface area contributed by atoms with Gasteiger partial charge in [0.2, 0.25) is 0 Å². The molecule has 0 aromatic heterocycles. The smallest absolute Gasteiger partial charge is 0.102 e. The van der Waals surface area contributed by atoms with Gasteiger partial charge in [0.15, 0.2) is 0 Å². The molecule has 0 heterocycles. The first-order valence-corrected chi connectivity index (χ1v) is 19.3. The second-order valence-electron chi connectivity index (χ2n) is 13.9. The Bertz CT molecular complexity index is 559. The number of hydrogen-bond acceptors (Lipinski definition) is 1. The average molecular weight is 627 g/mol. The van der Waals surface area contributed by atoms with E-state index in [1.807, 2.05) is 0 Å². The van der Waals surface area contributed by atoms with Crippen LogP contribution in [0.25, 0.3) is 0 Å². The third-order valence-electron chi connectivity index (χ3n) is 8.92. The van der Waals surface area contributed by atoms with Crippen molar-refractivity contribution in [2.75, 3.05) is 40.4 Å². The molecule has 0 aromatic rings. The van der Waals surface area contributed by atoms with E-state index in [-0.39, 0.29) is 12.4 Å². The predicted molar refractivity (Wildman–Crippen MR) is 192 cm³/mol. The summed E-state index contributed by atoms with van der Waals surface area (Å²) in [6.45, 7) is 8.90. The van der Waals surface area contributed by atoms with Gasteiger partial charge < -0.3 is 21.6 Å². The summed E-state index contributed by atoms with van der Waals surface area (Å²) in [5.41, 5.74) is 0. The number of nitrogens with zero attached hydrogens (tertiary/aromatic N) is 1. The topological polar surface area (TPSA) is 9.23 Å². The van der Waals surface area contributed by atoms with Gasteiger partial charge in [0.25, 0.3) is 0 Å². The molecule has 0 saturated carbocycles. The van der Waals surface area contributed by atoms with Gasteiger partial charge in [0.05, 0.1) is 27.2 Å². The zero-order chi connectivity index (χ0) is 30.7. The van der Waals surface area contributed by atoms with Gasteiger partial charge in [-0.3, -0.25) is 0 Å². The van der Waals surface area contributed by atoms with Crippen molar-refractivity contribution < 1.29 is 21.6 Å². The Kier molecular flexibility index (Phi) is 39.5. The number of allylic oxidation sites excluding steroid dienone is 4. The molecule has 0 aromatic carbocycles. The van der Waals surface area contributed by atoms with Gasteiger partial charge in [-0.25, -0.2) is 0 Å². The quantitative estimate of drug-likeness (QED) is 0.0387. The van der Waals surface area contributed by atoms with Gasteiger partial charge in [0, 0.05) is 6.61 Å². The highest BCUT2D eigenvalue weighted by Crippen LogP contribution is 2.12. The van der Waals surface area contributed by atoms with Crippen LogP contribution in [0.1, 0.15) is 194 Å². The molecule has 0 radical (unpaired) electrons. The lowest BCUT2D eigenvalue weighted by molar-refractivity contribution is -0.891. The fourth-order valence-corrected chi connectivity index (χ4v) is 5.76. The monoisotopic (exact) mass is 626 g/mol. The fraction of sp³-hybridized carbons (Fsp3) is 0.900. The molecule has 0 saturated heterocycles. The summed E-state index contributed by atoms with van der Waals surface area (Å²) < 4.78 is 7.10. The van der Waals surface area contributed by atoms with Crippen LogP contribution in [0.4, 0.5) is 0 Å². The zero-order valence-electron chi connectivity index (χ0n) is 30.2. The highest BCUT2D eigenvalue weighted by atomic mass is 35.5. The molecule has 0 N–H and O–H groups in total. The van der Waals surface area contributed by atoms with Gasteiger partial charge in [-0.15, -0.1) is 0 Å². The maximum absolute atomic E-state index is 5.99. The fourth-order valence-electron chi connectivity index (χ4n) is 5.76. The summed E-state index contributed by atoms with van der Waals surface area (Å²) >= 11 is 0. The van der Waals surface area contributed by atoms with Crippen LogP contribution in [0.3, 0.4) is 0 Å². The van der Waals surface area contributed by atoms with Crippen molar-refractivity contribution in [3.63, 3.8) is 0 Å². The lowest BCUT2D eigenvalue weighted by atomic mass is 10.1. The molecule has 0 aliphatic rings. The Morgan fingerprint density at radius 1 is 0.372 bits per heavy atom. The largest absolute Gasteiger partial charge is 1.00 e. The molecule has 0 aliphatic carbocycles. The number of quaternary nitrogens is 1. The number of rotatable bonds is 35. The van der Waals surface area contributed by atoms with Crippen LogP contribution in [0.15, 0.2) is 24.3 Å². The number of likely N-dealkylation sites (N-methyl/N-ethyl adjacent to an activating group) is 1. The highest BCUT2D eigenvalue weighted by Gasteiger charge is 2.13. The number of unbranched alkanes of at least 4 members (excludes halogenated alkanes) is 24. The lowest BCUT2D eigenvalue weighted by Gasteiger charge is -2.29. The maximum atomic E-state index is 5.99. The Balaban J connectivity index is 0. The molecular formula is C40H80ClNO. The van der Waals surface area contributed by atoms with Crippen molar-refractivity contribution in [1.82, 2.24) is 0 Å². The highest BCUT2D eigenvalue weighted by molar-refractivity contribution is 4.82. The standard InChI is InChI=1S/C40H80NO.ClH/c1-5-7-9-11-13-15-17-19-21-23-25-27-29-31-33-35-37-41(3,4)38-40-42-39-36-34-32-30-28-26-24-22-20-18-16-14-12-10-8-6-2;/h19-22H,5-18,23-40H2,1-4H3;1H/q+1;/p-1/b21-19-,22-20-;. The van der Waals surface area contributed by atoms with Crippen LogP contribution in [0, 0.1) is 0 Å². The minimum absolute atomic E-state index is 0. The second kappa shape index (κ2) is 37.9. The van der Waals surface area contributed by atoms with E-state index >= 15 is 0 Å². The number of halogens is 1. The first-order valence-electron chi connectivity index (χ1n) is 19.3. The van der Waals surface area contributed by atoms with E-state index in [0.717, 1.165) is 24.2 Å². The first-order chi connectivity index (χ1) is 20.6. The third kappa shape index (κ3) is 39.7. The summed E-state index contributed by atoms with van der Waals surface area (Å²) in [4.78, 5) is 0. The summed E-state index contributed by atoms with van der Waals surface area (Å²) in [5.74, 6) is 0. The third-order valence-corrected chi connectivity index (χ3v) is 8.92. The summed E-state index contributed by atoms with van der Waals surface area (Å²) in [6.07, 6.45) is 48.2. The molecule has 3 heteroatoms. The summed E-state index contributed by atoms with van der Waals surface area (Å²) in [7, 11) is 4.76. The second-order valence-corrected chi connectivity index (χ2v) is 13.9. The van der Waals surface area contributed by atoms with E-state index in [0.29, 0.717) is 0 Å². The SMILES string of the molecule is CCCCCCCC/C=C\CCCCCCCCOCC[N+](C)(C)CCCCCCCC/C=C\CCCCCCCC.[Cl-]. The minimum atomic E-state index is 0. The van der Waals surface area contributed by atoms with Crippen molar-refractivity contribution in [3.05, 3.63) is 24.3 Å². The Hall–Kier alpha value is -0.310. The molecule has 43 heavy (non-hydrogen) atoms. The summed E-state index contributed by atoms with van der Waals surface area (Å²) in [5, 5.41) is 0. The van der Waals surface area contributed by atoms with Crippen LogP contribution >= 0.6 is 0 Å². The predicted octanol–water partition coefficient (Wildman–Crippen LogP) is 10.2. The van der Waals surface area contributed by atoms with Gasteiger partial charge in [-0.2, -0.15) is 0 Å². The first kappa shape index (κ1) is 44.8. The van der Waals surface area contributed by atoms with Gasteiger partial charge >= 0.3 is 0 Å². The van der Waals surface area contributed by atoms with Crippen LogP contribution in [0.5, 0.6) is 0 Å². The lowest BCUT2D eigenvalue weighted by Crippen LogP contribution is -3.00. The van der Waals surface area contributed by atoms with E-state index in [1.165, 1.54) is 186 Å². The zero-order valence-corrected chi connectivity index (χ0v) is 30.9. The summed E-state index contributed by atoms with van der Waals surface area (Å²) in [6, 6.07) is 0. The van der Waals surface area contributed by atoms with Crippen molar-refractivity contribution in [2.24, 2.45) is 0 Å². The molecule has 2 nitrogen and oxygen atoms in total. The molecule has 0 rings (SSSR count). The number of ether oxygens (including phenoxy) is 1. The molecule has 0 atom stereocenters. The molecule has 0 unspecified atom stereocenters. The van der Waals surface area contributed by atoms with Gasteiger partial charge in [0.1, 0.15) is 6.54 Å². The molecule has 258 valence electrons.